The van der Waals surface area contributed by atoms with E-state index in [1.54, 1.807) is 0 Å². The molecule has 1 spiro atoms. The summed E-state index contributed by atoms with van der Waals surface area (Å²) in [7, 11) is 2.04. The van der Waals surface area contributed by atoms with Gasteiger partial charge in [-0.05, 0) is 68.4 Å². The molecule has 202 valence electrons. The maximum Gasteiger partial charge on any atom is 0.340 e. The number of nitrogens with zero attached hydrogens (tertiary/aromatic N) is 2. The molecule has 0 amide bonds. The zero-order chi connectivity index (χ0) is 28.1. The molecule has 5 heteroatoms. The molecular formula is C36H30N2O3. The smallest absolute Gasteiger partial charge is 0.340 e. The van der Waals surface area contributed by atoms with Gasteiger partial charge >= 0.3 is 5.97 Å². The fraction of sp³-hybridized carbons (Fsp3) is 0.139. The van der Waals surface area contributed by atoms with Gasteiger partial charge < -0.3 is 19.3 Å². The molecular weight excluding hydrogens is 508 g/mol. The summed E-state index contributed by atoms with van der Waals surface area (Å²) in [5.74, 6) is 1.01. The minimum absolute atomic E-state index is 0.330. The monoisotopic (exact) mass is 538 g/mol. The van der Waals surface area contributed by atoms with Gasteiger partial charge in [0.15, 0.2) is 5.60 Å². The molecule has 7 rings (SSSR count). The Balaban J connectivity index is 1.40. The second kappa shape index (κ2) is 9.56. The van der Waals surface area contributed by atoms with E-state index in [4.69, 9.17) is 9.47 Å². The first-order valence-corrected chi connectivity index (χ1v) is 13.9. The van der Waals surface area contributed by atoms with Crippen LogP contribution in [0, 0.1) is 6.92 Å². The maximum atomic E-state index is 13.3. The van der Waals surface area contributed by atoms with Crippen LogP contribution in [0.25, 0.3) is 0 Å². The third-order valence-electron chi connectivity index (χ3n) is 8.19. The van der Waals surface area contributed by atoms with E-state index < -0.39 is 5.60 Å². The van der Waals surface area contributed by atoms with Crippen molar-refractivity contribution in [1.29, 1.82) is 0 Å². The van der Waals surface area contributed by atoms with Crippen molar-refractivity contribution < 1.29 is 14.3 Å². The Morgan fingerprint density at radius 2 is 1.27 bits per heavy atom. The van der Waals surface area contributed by atoms with Crippen molar-refractivity contribution in [2.24, 2.45) is 0 Å². The average molecular weight is 539 g/mol. The summed E-state index contributed by atoms with van der Waals surface area (Å²) in [6.07, 6.45) is 0. The summed E-state index contributed by atoms with van der Waals surface area (Å²) < 4.78 is 13.1. The Kier molecular flexibility index (Phi) is 5.82. The molecule has 0 saturated carbocycles. The fourth-order valence-corrected chi connectivity index (χ4v) is 6.07. The maximum absolute atomic E-state index is 13.3. The number of fused-ring (bicyclic) bond motifs is 6. The van der Waals surface area contributed by atoms with Crippen molar-refractivity contribution in [3.05, 3.63) is 143 Å². The number of rotatable bonds is 5. The lowest BCUT2D eigenvalue weighted by Crippen LogP contribution is -2.33. The van der Waals surface area contributed by atoms with Gasteiger partial charge in [-0.25, -0.2) is 4.79 Å². The second-order valence-electron chi connectivity index (χ2n) is 10.6. The molecule has 0 aromatic heterocycles. The predicted molar refractivity (Wildman–Crippen MR) is 163 cm³/mol. The lowest BCUT2D eigenvalue weighted by Gasteiger charge is -2.37. The van der Waals surface area contributed by atoms with Crippen molar-refractivity contribution in [1.82, 2.24) is 0 Å². The number of carbonyl (C=O) groups is 1. The number of aryl methyl sites for hydroxylation is 1. The highest BCUT2D eigenvalue weighted by molar-refractivity contribution is 5.97. The molecule has 2 aliphatic heterocycles. The highest BCUT2D eigenvalue weighted by Gasteiger charge is 2.53. The number of hydrogen-bond donors (Lipinski definition) is 0. The number of benzene rings is 5. The van der Waals surface area contributed by atoms with Crippen LogP contribution >= 0.6 is 0 Å². The van der Waals surface area contributed by atoms with Gasteiger partial charge in [-0.1, -0.05) is 54.1 Å². The molecule has 0 saturated heterocycles. The highest BCUT2D eigenvalue weighted by Crippen LogP contribution is 2.57. The van der Waals surface area contributed by atoms with Gasteiger partial charge in [0, 0.05) is 65.2 Å². The Labute approximate surface area is 240 Å². The summed E-state index contributed by atoms with van der Waals surface area (Å²) in [5.41, 5.74) is 7.30. The minimum atomic E-state index is -1.10. The summed E-state index contributed by atoms with van der Waals surface area (Å²) in [4.78, 5) is 17.6. The van der Waals surface area contributed by atoms with Crippen molar-refractivity contribution in [3.8, 4) is 11.5 Å². The van der Waals surface area contributed by atoms with Crippen LogP contribution in [-0.2, 0) is 10.3 Å². The summed E-state index contributed by atoms with van der Waals surface area (Å²) >= 11 is 0. The van der Waals surface area contributed by atoms with Gasteiger partial charge in [-0.2, -0.15) is 0 Å². The molecule has 0 bridgehead atoms. The van der Waals surface area contributed by atoms with Gasteiger partial charge in [0.25, 0.3) is 0 Å². The van der Waals surface area contributed by atoms with E-state index >= 15 is 0 Å². The van der Waals surface area contributed by atoms with Crippen molar-refractivity contribution in [3.63, 3.8) is 0 Å². The molecule has 0 radical (unpaired) electrons. The Hall–Kier alpha value is -5.03. The molecule has 5 aromatic carbocycles. The third-order valence-corrected chi connectivity index (χ3v) is 8.19. The minimum Gasteiger partial charge on any atom is -0.456 e. The standard InChI is InChI=1S/C36H30N2O3/c1-4-38(26-16-14-24(2)15-17-26)28-19-21-32-34(23-28)40-33-22-27(37(3)25-10-6-5-7-11-25)18-20-31(33)36(32)30-13-9-8-12-29(30)35(39)41-36/h5-23H,4H2,1-3H3. The molecule has 1 atom stereocenters. The van der Waals surface area contributed by atoms with Crippen LogP contribution in [-0.4, -0.2) is 19.6 Å². The van der Waals surface area contributed by atoms with E-state index in [2.05, 4.69) is 78.2 Å². The molecule has 2 aliphatic rings. The average Bonchev–Trinajstić information content (AvgIpc) is 3.30. The van der Waals surface area contributed by atoms with E-state index in [9.17, 15) is 4.79 Å². The van der Waals surface area contributed by atoms with Gasteiger partial charge in [-0.15, -0.1) is 0 Å². The predicted octanol–water partition coefficient (Wildman–Crippen LogP) is 8.49. The lowest BCUT2D eigenvalue weighted by molar-refractivity contribution is 0.0224. The van der Waals surface area contributed by atoms with E-state index in [1.165, 1.54) is 5.56 Å². The molecule has 0 N–H and O–H groups in total. The van der Waals surface area contributed by atoms with Crippen LogP contribution in [0.1, 0.15) is 39.5 Å². The fourth-order valence-electron chi connectivity index (χ4n) is 6.07. The van der Waals surface area contributed by atoms with Crippen molar-refractivity contribution >= 4 is 28.7 Å². The largest absolute Gasteiger partial charge is 0.456 e. The molecule has 0 fully saturated rings. The molecule has 41 heavy (non-hydrogen) atoms. The first-order chi connectivity index (χ1) is 20.0. The zero-order valence-electron chi connectivity index (χ0n) is 23.3. The van der Waals surface area contributed by atoms with Crippen LogP contribution in [0.3, 0.4) is 0 Å². The Bertz CT molecular complexity index is 1780. The Morgan fingerprint density at radius 1 is 0.659 bits per heavy atom. The Morgan fingerprint density at radius 3 is 1.98 bits per heavy atom. The molecule has 5 aromatic rings. The van der Waals surface area contributed by atoms with Gasteiger partial charge in [0.05, 0.1) is 5.56 Å². The number of esters is 1. The third kappa shape index (κ3) is 3.88. The second-order valence-corrected chi connectivity index (χ2v) is 10.6. The van der Waals surface area contributed by atoms with Crippen LogP contribution in [0.15, 0.2) is 115 Å². The van der Waals surface area contributed by atoms with Gasteiger partial charge in [0.1, 0.15) is 11.5 Å². The summed E-state index contributed by atoms with van der Waals surface area (Å²) in [5, 5.41) is 0. The summed E-state index contributed by atoms with van der Waals surface area (Å²) in [6.45, 7) is 5.01. The number of anilines is 4. The molecule has 5 nitrogen and oxygen atoms in total. The first kappa shape index (κ1) is 25.0. The van der Waals surface area contributed by atoms with Crippen LogP contribution < -0.4 is 14.5 Å². The van der Waals surface area contributed by atoms with Gasteiger partial charge in [0.2, 0.25) is 0 Å². The number of carbonyl (C=O) groups excluding carboxylic acids is 1. The van der Waals surface area contributed by atoms with Crippen LogP contribution in [0.5, 0.6) is 11.5 Å². The van der Waals surface area contributed by atoms with Gasteiger partial charge in [-0.3, -0.25) is 0 Å². The first-order valence-electron chi connectivity index (χ1n) is 13.9. The van der Waals surface area contributed by atoms with E-state index in [0.717, 1.165) is 46.0 Å². The van der Waals surface area contributed by atoms with E-state index in [0.29, 0.717) is 17.1 Å². The quantitative estimate of drug-likeness (QED) is 0.210. The molecule has 1 unspecified atom stereocenters. The van der Waals surface area contributed by atoms with Crippen LogP contribution in [0.4, 0.5) is 22.7 Å². The molecule has 0 aliphatic carbocycles. The SMILES string of the molecule is CCN(c1ccc(C)cc1)c1ccc2c(c1)Oc1cc(N(C)c3ccccc3)ccc1C21OC(=O)c2ccccc21. The topological polar surface area (TPSA) is 42.0 Å². The number of ether oxygens (including phenoxy) is 2. The number of hydrogen-bond acceptors (Lipinski definition) is 5. The summed E-state index contributed by atoms with van der Waals surface area (Å²) in [6, 6.07) is 38.7. The van der Waals surface area contributed by atoms with E-state index in [-0.39, 0.29) is 5.97 Å². The lowest BCUT2D eigenvalue weighted by atomic mass is 9.77. The zero-order valence-corrected chi connectivity index (χ0v) is 23.3. The molecule has 2 heterocycles. The van der Waals surface area contributed by atoms with E-state index in [1.807, 2.05) is 67.7 Å². The number of para-hydroxylation sites is 1. The normalized spacial score (nSPS) is 16.3. The van der Waals surface area contributed by atoms with Crippen molar-refractivity contribution in [2.45, 2.75) is 19.4 Å². The van der Waals surface area contributed by atoms with Crippen molar-refractivity contribution in [2.75, 3.05) is 23.4 Å². The highest BCUT2D eigenvalue weighted by atomic mass is 16.6. The van der Waals surface area contributed by atoms with Crippen LogP contribution in [0.2, 0.25) is 0 Å².